The maximum absolute atomic E-state index is 12.2. The fourth-order valence-electron chi connectivity index (χ4n) is 4.64. The molecule has 1 heterocycles. The summed E-state index contributed by atoms with van der Waals surface area (Å²) in [5.74, 6) is 0.745. The maximum atomic E-state index is 12.2. The molecule has 1 aliphatic rings. The van der Waals surface area contributed by atoms with Gasteiger partial charge in [0.05, 0.1) is 54.9 Å². The summed E-state index contributed by atoms with van der Waals surface area (Å²) in [6.45, 7) is 2.98. The van der Waals surface area contributed by atoms with Gasteiger partial charge in [-0.25, -0.2) is 0 Å². The van der Waals surface area contributed by atoms with E-state index in [1.807, 2.05) is 12.1 Å². The Bertz CT molecular complexity index is 1070. The fourth-order valence-corrected chi connectivity index (χ4v) is 4.64. The first-order valence-electron chi connectivity index (χ1n) is 11.7. The Hall–Kier alpha value is -3.66. The molecule has 10 nitrogen and oxygen atoms in total. The molecule has 37 heavy (non-hydrogen) atoms. The highest BCUT2D eigenvalue weighted by Crippen LogP contribution is 2.49. The highest BCUT2D eigenvalue weighted by molar-refractivity contribution is 5.67. The number of hydrogen-bond donors (Lipinski definition) is 0. The van der Waals surface area contributed by atoms with Gasteiger partial charge in [0, 0.05) is 31.2 Å². The van der Waals surface area contributed by atoms with Gasteiger partial charge in [0.15, 0.2) is 23.0 Å². The Kier molecular flexibility index (Phi) is 9.46. The second kappa shape index (κ2) is 12.5. The molecule has 0 bridgehead atoms. The predicted octanol–water partition coefficient (Wildman–Crippen LogP) is 3.90. The van der Waals surface area contributed by atoms with Gasteiger partial charge in [-0.1, -0.05) is 6.07 Å². The van der Waals surface area contributed by atoms with Crippen molar-refractivity contribution in [3.05, 3.63) is 41.5 Å². The van der Waals surface area contributed by atoms with Gasteiger partial charge in [-0.05, 0) is 29.8 Å². The lowest BCUT2D eigenvalue weighted by atomic mass is 9.82. The molecule has 0 spiro atoms. The van der Waals surface area contributed by atoms with Crippen molar-refractivity contribution < 1.29 is 47.5 Å². The number of benzene rings is 2. The van der Waals surface area contributed by atoms with E-state index in [2.05, 4.69) is 0 Å². The zero-order chi connectivity index (χ0) is 27.1. The monoisotopic (exact) mass is 518 g/mol. The van der Waals surface area contributed by atoms with Gasteiger partial charge in [-0.2, -0.15) is 0 Å². The molecule has 0 aliphatic carbocycles. The van der Waals surface area contributed by atoms with Crippen molar-refractivity contribution in [3.63, 3.8) is 0 Å². The van der Waals surface area contributed by atoms with Crippen LogP contribution in [0.15, 0.2) is 30.3 Å². The lowest BCUT2D eigenvalue weighted by Gasteiger charge is -2.29. The van der Waals surface area contributed by atoms with Crippen LogP contribution in [-0.2, 0) is 23.8 Å². The number of ether oxygens (including phenoxy) is 8. The first-order valence-corrected chi connectivity index (χ1v) is 11.7. The van der Waals surface area contributed by atoms with Crippen molar-refractivity contribution in [1.29, 1.82) is 0 Å². The number of carbonyl (C=O) groups excluding carboxylic acids is 2. The Labute approximate surface area is 216 Å². The van der Waals surface area contributed by atoms with Crippen LogP contribution in [-0.4, -0.2) is 60.7 Å². The van der Waals surface area contributed by atoms with Crippen LogP contribution < -0.4 is 23.7 Å². The maximum Gasteiger partial charge on any atom is 0.303 e. The Balaban J connectivity index is 2.08. The quantitative estimate of drug-likeness (QED) is 0.406. The van der Waals surface area contributed by atoms with Crippen LogP contribution in [0.2, 0.25) is 0 Å². The highest BCUT2D eigenvalue weighted by atomic mass is 16.6. The minimum absolute atomic E-state index is 0.0567. The standard InChI is InChI=1S/C27H34O10/c1-15(28)35-13-19-20(14-36-25(19)17-8-9-21(30-3)22(10-17)31-4)26(37-16(2)29)18-11-23(32-5)27(34-7)24(12-18)33-6/h8-12,19-20,25-26H,13-14H2,1-7H3/t19-,20+,25-,26?/m0/s1. The van der Waals surface area contributed by atoms with Crippen LogP contribution in [0.1, 0.15) is 37.2 Å². The molecule has 202 valence electrons. The molecule has 1 saturated heterocycles. The van der Waals surface area contributed by atoms with Crippen LogP contribution in [0.5, 0.6) is 28.7 Å². The Morgan fingerprint density at radius 1 is 0.838 bits per heavy atom. The molecule has 1 unspecified atom stereocenters. The molecular formula is C27H34O10. The highest BCUT2D eigenvalue weighted by Gasteiger charge is 2.45. The molecule has 0 aromatic heterocycles. The molecule has 0 saturated carbocycles. The van der Waals surface area contributed by atoms with Crippen molar-refractivity contribution in [2.45, 2.75) is 26.1 Å². The van der Waals surface area contributed by atoms with Crippen molar-refractivity contribution in [1.82, 2.24) is 0 Å². The molecule has 0 amide bonds. The van der Waals surface area contributed by atoms with Crippen molar-refractivity contribution in [3.8, 4) is 28.7 Å². The van der Waals surface area contributed by atoms with Gasteiger partial charge >= 0.3 is 11.9 Å². The van der Waals surface area contributed by atoms with E-state index in [9.17, 15) is 9.59 Å². The van der Waals surface area contributed by atoms with E-state index in [-0.39, 0.29) is 25.0 Å². The summed E-state index contributed by atoms with van der Waals surface area (Å²) in [6, 6.07) is 8.96. The summed E-state index contributed by atoms with van der Waals surface area (Å²) in [6.07, 6.45) is -1.22. The van der Waals surface area contributed by atoms with Crippen molar-refractivity contribution in [2.24, 2.45) is 11.8 Å². The van der Waals surface area contributed by atoms with Crippen LogP contribution in [0.25, 0.3) is 0 Å². The molecular weight excluding hydrogens is 484 g/mol. The zero-order valence-electron chi connectivity index (χ0n) is 22.2. The van der Waals surface area contributed by atoms with E-state index < -0.39 is 24.1 Å². The largest absolute Gasteiger partial charge is 0.493 e. The third kappa shape index (κ3) is 6.19. The van der Waals surface area contributed by atoms with Crippen molar-refractivity contribution in [2.75, 3.05) is 48.8 Å². The van der Waals surface area contributed by atoms with Gasteiger partial charge in [0.1, 0.15) is 6.10 Å². The molecule has 1 aliphatic heterocycles. The molecule has 0 N–H and O–H groups in total. The van der Waals surface area contributed by atoms with Gasteiger partial charge in [0.25, 0.3) is 0 Å². The van der Waals surface area contributed by atoms with Gasteiger partial charge in [-0.3, -0.25) is 9.59 Å². The van der Waals surface area contributed by atoms with E-state index in [1.165, 1.54) is 35.2 Å². The minimum Gasteiger partial charge on any atom is -0.493 e. The normalized spacial score (nSPS) is 19.5. The molecule has 4 atom stereocenters. The van der Waals surface area contributed by atoms with E-state index in [0.29, 0.717) is 34.3 Å². The van der Waals surface area contributed by atoms with Crippen LogP contribution in [0.3, 0.4) is 0 Å². The average molecular weight is 519 g/mol. The molecule has 2 aromatic rings. The smallest absolute Gasteiger partial charge is 0.303 e. The summed E-state index contributed by atoms with van der Waals surface area (Å²) >= 11 is 0. The van der Waals surface area contributed by atoms with Crippen LogP contribution in [0, 0.1) is 11.8 Å². The van der Waals surface area contributed by atoms with Crippen LogP contribution >= 0.6 is 0 Å². The molecule has 10 heteroatoms. The second-order valence-electron chi connectivity index (χ2n) is 8.49. The number of esters is 2. The fraction of sp³-hybridized carbons (Fsp3) is 0.481. The number of hydrogen-bond acceptors (Lipinski definition) is 10. The Morgan fingerprint density at radius 2 is 1.46 bits per heavy atom. The molecule has 1 fully saturated rings. The first-order chi connectivity index (χ1) is 17.8. The van der Waals surface area contributed by atoms with E-state index in [4.69, 9.17) is 37.9 Å². The molecule has 0 radical (unpaired) electrons. The third-order valence-electron chi connectivity index (χ3n) is 6.32. The molecule has 3 rings (SSSR count). The van der Waals surface area contributed by atoms with E-state index >= 15 is 0 Å². The first kappa shape index (κ1) is 27.9. The summed E-state index contributed by atoms with van der Waals surface area (Å²) in [7, 11) is 7.65. The molecule has 2 aromatic carbocycles. The van der Waals surface area contributed by atoms with Crippen molar-refractivity contribution >= 4 is 11.9 Å². The third-order valence-corrected chi connectivity index (χ3v) is 6.32. The van der Waals surface area contributed by atoms with Crippen LogP contribution in [0.4, 0.5) is 0 Å². The topological polar surface area (TPSA) is 108 Å². The van der Waals surface area contributed by atoms with E-state index in [0.717, 1.165) is 5.56 Å². The summed E-state index contributed by atoms with van der Waals surface area (Å²) < 4.78 is 44.8. The lowest BCUT2D eigenvalue weighted by Crippen LogP contribution is -2.29. The van der Waals surface area contributed by atoms with E-state index in [1.54, 1.807) is 32.4 Å². The zero-order valence-corrected chi connectivity index (χ0v) is 22.2. The number of carbonyl (C=O) groups is 2. The summed E-state index contributed by atoms with van der Waals surface area (Å²) in [4.78, 5) is 24.0. The average Bonchev–Trinajstić information content (AvgIpc) is 3.32. The summed E-state index contributed by atoms with van der Waals surface area (Å²) in [5.41, 5.74) is 1.43. The minimum atomic E-state index is -0.753. The number of rotatable bonds is 11. The SMILES string of the molecule is COc1ccc([C@@H]2OC[C@@H](C(OC(C)=O)c3cc(OC)c(OC)c(OC)c3)[C@@H]2COC(C)=O)cc1OC. The predicted molar refractivity (Wildman–Crippen MR) is 132 cm³/mol. The second-order valence-corrected chi connectivity index (χ2v) is 8.49. The Morgan fingerprint density at radius 3 is 1.97 bits per heavy atom. The summed E-state index contributed by atoms with van der Waals surface area (Å²) in [5, 5.41) is 0. The number of methoxy groups -OCH3 is 5. The lowest BCUT2D eigenvalue weighted by molar-refractivity contribution is -0.153. The van der Waals surface area contributed by atoms with Gasteiger partial charge in [-0.15, -0.1) is 0 Å². The van der Waals surface area contributed by atoms with Gasteiger partial charge in [0.2, 0.25) is 5.75 Å². The van der Waals surface area contributed by atoms with Gasteiger partial charge < -0.3 is 37.9 Å².